The zero-order valence-corrected chi connectivity index (χ0v) is 20.0. The van der Waals surface area contributed by atoms with Gasteiger partial charge < -0.3 is 32.1 Å². The molecule has 1 aliphatic rings. The smallest absolute Gasteiger partial charge is 0.243 e. The van der Waals surface area contributed by atoms with Crippen molar-refractivity contribution >= 4 is 23.6 Å². The van der Waals surface area contributed by atoms with Crippen LogP contribution in [0, 0.1) is 0 Å². The van der Waals surface area contributed by atoms with Gasteiger partial charge in [-0.2, -0.15) is 0 Å². The lowest BCUT2D eigenvalue weighted by Crippen LogP contribution is -2.54. The van der Waals surface area contributed by atoms with Crippen LogP contribution in [0.1, 0.15) is 30.4 Å². The van der Waals surface area contributed by atoms with E-state index in [1.807, 2.05) is 30.3 Å². The van der Waals surface area contributed by atoms with E-state index in [1.165, 1.54) is 12.1 Å². The molecule has 0 aliphatic carbocycles. The normalized spacial score (nSPS) is 20.4. The molecule has 3 rings (SSSR count). The van der Waals surface area contributed by atoms with Crippen LogP contribution in [0.2, 0.25) is 0 Å². The number of phenolic OH excluding ortho intramolecular Hbond substituents is 1. The Morgan fingerprint density at radius 3 is 2.42 bits per heavy atom. The van der Waals surface area contributed by atoms with Crippen LogP contribution < -0.4 is 27.0 Å². The van der Waals surface area contributed by atoms with Crippen LogP contribution in [0.15, 0.2) is 54.6 Å². The van der Waals surface area contributed by atoms with E-state index in [4.69, 9.17) is 5.73 Å². The minimum absolute atomic E-state index is 0.115. The van der Waals surface area contributed by atoms with Crippen LogP contribution in [0.5, 0.6) is 5.75 Å². The number of hydrogen-bond donors (Lipinski definition) is 6. The quantitative estimate of drug-likeness (QED) is 0.328. The number of benzene rings is 2. The number of carbonyl (C=O) groups excluding carboxylic acids is 4. The topological polar surface area (TPSA) is 163 Å². The van der Waals surface area contributed by atoms with Gasteiger partial charge in [0.1, 0.15) is 17.8 Å². The zero-order chi connectivity index (χ0) is 25.9. The summed E-state index contributed by atoms with van der Waals surface area (Å²) in [4.78, 5) is 50.7. The first-order valence-electron chi connectivity index (χ1n) is 12.0. The molecule has 0 bridgehead atoms. The Labute approximate surface area is 210 Å². The van der Waals surface area contributed by atoms with Crippen molar-refractivity contribution in [3.8, 4) is 5.75 Å². The Morgan fingerprint density at radius 1 is 0.972 bits per heavy atom. The largest absolute Gasteiger partial charge is 0.508 e. The number of rotatable bonds is 6. The summed E-state index contributed by atoms with van der Waals surface area (Å²) in [6.45, 7) is 0.0476. The maximum Gasteiger partial charge on any atom is 0.243 e. The third-order valence-corrected chi connectivity index (χ3v) is 5.94. The molecule has 10 nitrogen and oxygen atoms in total. The lowest BCUT2D eigenvalue weighted by Gasteiger charge is -2.21. The van der Waals surface area contributed by atoms with Crippen LogP contribution in [0.3, 0.4) is 0 Å². The zero-order valence-electron chi connectivity index (χ0n) is 20.0. The maximum atomic E-state index is 12.8. The van der Waals surface area contributed by atoms with Gasteiger partial charge in [0.05, 0.1) is 12.6 Å². The van der Waals surface area contributed by atoms with Gasteiger partial charge in [0.25, 0.3) is 0 Å². The second-order valence-electron chi connectivity index (χ2n) is 8.85. The van der Waals surface area contributed by atoms with Crippen molar-refractivity contribution in [1.29, 1.82) is 0 Å². The number of nitrogens with one attached hydrogen (secondary N) is 4. The van der Waals surface area contributed by atoms with Crippen molar-refractivity contribution in [2.75, 3.05) is 13.1 Å². The molecule has 0 saturated carbocycles. The number of phenols is 1. The average Bonchev–Trinajstić information content (AvgIpc) is 2.88. The van der Waals surface area contributed by atoms with Crippen molar-refractivity contribution in [3.63, 3.8) is 0 Å². The summed E-state index contributed by atoms with van der Waals surface area (Å²) in [6, 6.07) is 13.2. The molecule has 7 N–H and O–H groups in total. The van der Waals surface area contributed by atoms with Gasteiger partial charge in [-0.05, 0) is 48.9 Å². The van der Waals surface area contributed by atoms with Crippen molar-refractivity contribution in [3.05, 3.63) is 65.7 Å². The van der Waals surface area contributed by atoms with Gasteiger partial charge >= 0.3 is 0 Å². The van der Waals surface area contributed by atoms with Crippen LogP contribution >= 0.6 is 0 Å². The van der Waals surface area contributed by atoms with E-state index in [1.54, 1.807) is 12.1 Å². The number of nitrogens with two attached hydrogens (primary N) is 1. The van der Waals surface area contributed by atoms with Crippen molar-refractivity contribution in [1.82, 2.24) is 21.3 Å². The van der Waals surface area contributed by atoms with Crippen LogP contribution in [0.4, 0.5) is 0 Å². The number of aromatic hydroxyl groups is 1. The molecular weight excluding hydrogens is 462 g/mol. The molecule has 0 aromatic heterocycles. The second-order valence-corrected chi connectivity index (χ2v) is 8.85. The highest BCUT2D eigenvalue weighted by Gasteiger charge is 2.26. The predicted molar refractivity (Wildman–Crippen MR) is 134 cm³/mol. The first-order chi connectivity index (χ1) is 17.3. The molecule has 2 aromatic carbocycles. The van der Waals surface area contributed by atoms with Crippen molar-refractivity contribution < 1.29 is 24.3 Å². The number of carbonyl (C=O) groups is 4. The van der Waals surface area contributed by atoms with Gasteiger partial charge in [0.15, 0.2) is 0 Å². The second kappa shape index (κ2) is 13.2. The van der Waals surface area contributed by atoms with Crippen molar-refractivity contribution in [2.45, 2.75) is 50.2 Å². The van der Waals surface area contributed by atoms with Gasteiger partial charge in [-0.3, -0.25) is 19.2 Å². The van der Waals surface area contributed by atoms with Crippen LogP contribution in [0.25, 0.3) is 0 Å². The molecule has 1 heterocycles. The molecule has 0 radical (unpaired) electrons. The molecule has 2 aromatic rings. The highest BCUT2D eigenvalue weighted by atomic mass is 16.3. The Balaban J connectivity index is 1.60. The third kappa shape index (κ3) is 8.38. The Kier molecular flexibility index (Phi) is 9.82. The molecule has 1 fully saturated rings. The van der Waals surface area contributed by atoms with E-state index in [9.17, 15) is 24.3 Å². The Hall–Kier alpha value is -3.92. The fraction of sp³-hybridized carbons (Fsp3) is 0.385. The fourth-order valence-corrected chi connectivity index (χ4v) is 3.93. The minimum Gasteiger partial charge on any atom is -0.508 e. The summed E-state index contributed by atoms with van der Waals surface area (Å²) in [5.74, 6) is -1.67. The summed E-state index contributed by atoms with van der Waals surface area (Å²) >= 11 is 0. The molecular formula is C26H33N5O5. The highest BCUT2D eigenvalue weighted by molar-refractivity contribution is 5.93. The maximum absolute atomic E-state index is 12.8. The molecule has 3 atom stereocenters. The lowest BCUT2D eigenvalue weighted by atomic mass is 10.0. The SMILES string of the molecule is N[C@@H](Cc1ccc(O)cc1)C(=O)N[C@@H]1CCCCNC(=O)[C@H](Cc2ccccc2)NC(=O)CNC1=O. The van der Waals surface area contributed by atoms with E-state index in [-0.39, 0.29) is 24.6 Å². The molecule has 4 amide bonds. The first kappa shape index (κ1) is 26.7. The molecule has 0 unspecified atom stereocenters. The highest BCUT2D eigenvalue weighted by Crippen LogP contribution is 2.11. The first-order valence-corrected chi connectivity index (χ1v) is 12.0. The molecule has 0 spiro atoms. The van der Waals surface area contributed by atoms with E-state index < -0.39 is 35.8 Å². The molecule has 10 heteroatoms. The summed E-state index contributed by atoms with van der Waals surface area (Å²) in [5.41, 5.74) is 7.71. The lowest BCUT2D eigenvalue weighted by molar-refractivity contribution is -0.131. The number of amides is 4. The molecule has 1 aliphatic heterocycles. The summed E-state index contributed by atoms with van der Waals surface area (Å²) in [5, 5.41) is 20.2. The van der Waals surface area contributed by atoms with E-state index in [2.05, 4.69) is 21.3 Å². The monoisotopic (exact) mass is 495 g/mol. The summed E-state index contributed by atoms with van der Waals surface area (Å²) in [6.07, 6.45) is 2.05. The van der Waals surface area contributed by atoms with E-state index in [0.717, 1.165) is 11.1 Å². The van der Waals surface area contributed by atoms with E-state index in [0.29, 0.717) is 32.2 Å². The fourth-order valence-electron chi connectivity index (χ4n) is 3.93. The number of hydrogen-bond acceptors (Lipinski definition) is 6. The predicted octanol–water partition coefficient (Wildman–Crippen LogP) is -0.109. The van der Waals surface area contributed by atoms with Crippen LogP contribution in [-0.2, 0) is 32.0 Å². The van der Waals surface area contributed by atoms with Gasteiger partial charge in [0, 0.05) is 13.0 Å². The van der Waals surface area contributed by atoms with Crippen molar-refractivity contribution in [2.24, 2.45) is 5.73 Å². The molecule has 36 heavy (non-hydrogen) atoms. The summed E-state index contributed by atoms with van der Waals surface area (Å²) < 4.78 is 0. The van der Waals surface area contributed by atoms with Crippen LogP contribution in [-0.4, -0.2) is 60.0 Å². The standard InChI is InChI=1S/C26H33N5O5/c27-20(14-18-9-11-19(32)12-10-18)24(34)31-21-8-4-5-13-28-26(36)22(15-17-6-2-1-3-7-17)30-23(33)16-29-25(21)35/h1-3,6-7,9-12,20-22,32H,4-5,8,13-16,27H2,(H,28,36)(H,29,35)(H,30,33)(H,31,34)/t20-,21+,22-/m0/s1. The molecule has 1 saturated heterocycles. The van der Waals surface area contributed by atoms with Gasteiger partial charge in [-0.1, -0.05) is 42.5 Å². The van der Waals surface area contributed by atoms with E-state index >= 15 is 0 Å². The van der Waals surface area contributed by atoms with Gasteiger partial charge in [-0.15, -0.1) is 0 Å². The minimum atomic E-state index is -0.895. The third-order valence-electron chi connectivity index (χ3n) is 5.94. The Morgan fingerprint density at radius 2 is 1.69 bits per heavy atom. The van der Waals surface area contributed by atoms with Gasteiger partial charge in [-0.25, -0.2) is 0 Å². The summed E-state index contributed by atoms with van der Waals surface area (Å²) in [7, 11) is 0. The van der Waals surface area contributed by atoms with Gasteiger partial charge in [0.2, 0.25) is 23.6 Å². The average molecular weight is 496 g/mol. The molecule has 192 valence electrons. The Bertz CT molecular complexity index is 1040.